The molecule has 2 nitrogen and oxygen atoms in total. The van der Waals surface area contributed by atoms with Crippen LogP contribution in [-0.2, 0) is 11.4 Å². The maximum absolute atomic E-state index is 6.03. The van der Waals surface area contributed by atoms with Crippen molar-refractivity contribution in [1.82, 2.24) is 0 Å². The van der Waals surface area contributed by atoms with Crippen molar-refractivity contribution in [1.29, 1.82) is 0 Å². The lowest BCUT2D eigenvalue weighted by Gasteiger charge is -2.26. The van der Waals surface area contributed by atoms with Crippen molar-refractivity contribution >= 4 is 5.69 Å². The van der Waals surface area contributed by atoms with E-state index in [0.29, 0.717) is 12.5 Å². The zero-order valence-corrected chi connectivity index (χ0v) is 13.3. The summed E-state index contributed by atoms with van der Waals surface area (Å²) < 4.78 is 0. The Bertz CT molecular complexity index is 538. The molecule has 1 atom stereocenters. The quantitative estimate of drug-likeness (QED) is 0.651. The van der Waals surface area contributed by atoms with E-state index < -0.39 is 0 Å². The van der Waals surface area contributed by atoms with Crippen molar-refractivity contribution in [3.05, 3.63) is 65.7 Å². The maximum atomic E-state index is 6.03. The predicted molar refractivity (Wildman–Crippen MR) is 89.4 cm³/mol. The molecule has 1 unspecified atom stereocenters. The van der Waals surface area contributed by atoms with Gasteiger partial charge in [-0.05, 0) is 36.5 Å². The van der Waals surface area contributed by atoms with E-state index >= 15 is 0 Å². The Labute approximate surface area is 128 Å². The van der Waals surface area contributed by atoms with E-state index in [1.165, 1.54) is 16.8 Å². The molecule has 0 bridgehead atoms. The molecule has 21 heavy (non-hydrogen) atoms. The third kappa shape index (κ3) is 4.08. The van der Waals surface area contributed by atoms with Gasteiger partial charge in [-0.1, -0.05) is 62.4 Å². The van der Waals surface area contributed by atoms with Gasteiger partial charge < -0.3 is 0 Å². The van der Waals surface area contributed by atoms with Gasteiger partial charge in [0, 0.05) is 6.54 Å². The molecule has 0 amide bonds. The van der Waals surface area contributed by atoms with E-state index in [-0.39, 0.29) is 0 Å². The van der Waals surface area contributed by atoms with Crippen LogP contribution in [0.15, 0.2) is 54.6 Å². The topological polar surface area (TPSA) is 12.5 Å². The van der Waals surface area contributed by atoms with Gasteiger partial charge >= 0.3 is 0 Å². The number of hydrogen-bond donors (Lipinski definition) is 0. The van der Waals surface area contributed by atoms with E-state index in [1.807, 2.05) is 23.3 Å². The normalized spacial score (nSPS) is 12.1. The first-order chi connectivity index (χ1) is 10.3. The summed E-state index contributed by atoms with van der Waals surface area (Å²) in [6.07, 6.45) is 1.13. The van der Waals surface area contributed by atoms with Crippen molar-refractivity contribution in [3.8, 4) is 0 Å². The van der Waals surface area contributed by atoms with Gasteiger partial charge in [0.15, 0.2) is 0 Å². The smallest absolute Gasteiger partial charge is 0.0999 e. The molecule has 2 aromatic carbocycles. The first-order valence-corrected chi connectivity index (χ1v) is 7.79. The largest absolute Gasteiger partial charge is 0.269 e. The summed E-state index contributed by atoms with van der Waals surface area (Å²) in [7, 11) is 0. The molecule has 0 aliphatic heterocycles. The van der Waals surface area contributed by atoms with Gasteiger partial charge in [-0.2, -0.15) is 0 Å². The number of anilines is 1. The van der Waals surface area contributed by atoms with Crippen LogP contribution in [-0.4, -0.2) is 6.54 Å². The van der Waals surface area contributed by atoms with E-state index in [0.717, 1.165) is 13.0 Å². The Balaban J connectivity index is 2.14. The van der Waals surface area contributed by atoms with Gasteiger partial charge in [-0.25, -0.2) is 0 Å². The maximum Gasteiger partial charge on any atom is 0.0999 e. The second-order valence-electron chi connectivity index (χ2n) is 5.32. The fourth-order valence-electron chi connectivity index (χ4n) is 2.41. The van der Waals surface area contributed by atoms with Gasteiger partial charge in [0.2, 0.25) is 0 Å². The summed E-state index contributed by atoms with van der Waals surface area (Å²) in [5.41, 5.74) is 3.73. The highest BCUT2D eigenvalue weighted by molar-refractivity contribution is 5.53. The van der Waals surface area contributed by atoms with E-state index in [9.17, 15) is 0 Å². The molecule has 2 heteroatoms. The summed E-state index contributed by atoms with van der Waals surface area (Å²) >= 11 is 0. The van der Waals surface area contributed by atoms with Gasteiger partial charge in [-0.3, -0.25) is 9.90 Å². The van der Waals surface area contributed by atoms with Gasteiger partial charge in [0.1, 0.15) is 0 Å². The number of hydrogen-bond acceptors (Lipinski definition) is 2. The molecule has 112 valence electrons. The molecule has 0 fully saturated rings. The van der Waals surface area contributed by atoms with Crippen LogP contribution in [0.3, 0.4) is 0 Å². The SMILES string of the molecule is CCC(C)c1ccccc1N(CC)OCc1ccccc1. The number of benzene rings is 2. The molecule has 0 aliphatic rings. The van der Waals surface area contributed by atoms with E-state index in [4.69, 9.17) is 4.84 Å². The summed E-state index contributed by atoms with van der Waals surface area (Å²) in [4.78, 5) is 6.03. The average Bonchev–Trinajstić information content (AvgIpc) is 2.56. The lowest BCUT2D eigenvalue weighted by molar-refractivity contribution is 0.0967. The number of hydroxylamine groups is 1. The Hall–Kier alpha value is -1.80. The summed E-state index contributed by atoms with van der Waals surface area (Å²) in [5, 5.41) is 2.01. The molecule has 0 saturated heterocycles. The van der Waals surface area contributed by atoms with Gasteiger partial charge in [-0.15, -0.1) is 0 Å². The molecule has 0 saturated carbocycles. The molecule has 0 N–H and O–H groups in total. The van der Waals surface area contributed by atoms with Crippen molar-refractivity contribution in [2.75, 3.05) is 11.6 Å². The molecule has 0 aliphatic carbocycles. The lowest BCUT2D eigenvalue weighted by Crippen LogP contribution is -2.24. The van der Waals surface area contributed by atoms with Crippen molar-refractivity contribution in [3.63, 3.8) is 0 Å². The second kappa shape index (κ2) is 7.84. The first kappa shape index (κ1) is 15.6. The van der Waals surface area contributed by atoms with Crippen LogP contribution >= 0.6 is 0 Å². The van der Waals surface area contributed by atoms with Crippen molar-refractivity contribution in [2.24, 2.45) is 0 Å². The van der Waals surface area contributed by atoms with Gasteiger partial charge in [0.05, 0.1) is 12.3 Å². The number of rotatable bonds is 7. The minimum absolute atomic E-state index is 0.538. The second-order valence-corrected chi connectivity index (χ2v) is 5.32. The third-order valence-corrected chi connectivity index (χ3v) is 3.87. The third-order valence-electron chi connectivity index (χ3n) is 3.87. The Morgan fingerprint density at radius 2 is 1.62 bits per heavy atom. The Morgan fingerprint density at radius 3 is 2.29 bits per heavy atom. The highest BCUT2D eigenvalue weighted by Gasteiger charge is 2.14. The van der Waals surface area contributed by atoms with Crippen LogP contribution in [0.2, 0.25) is 0 Å². The molecular weight excluding hydrogens is 258 g/mol. The number of para-hydroxylation sites is 1. The summed E-state index contributed by atoms with van der Waals surface area (Å²) in [5.74, 6) is 0.538. The van der Waals surface area contributed by atoms with Gasteiger partial charge in [0.25, 0.3) is 0 Å². The molecule has 2 aromatic rings. The Morgan fingerprint density at radius 1 is 0.952 bits per heavy atom. The molecule has 0 radical (unpaired) electrons. The highest BCUT2D eigenvalue weighted by Crippen LogP contribution is 2.29. The van der Waals surface area contributed by atoms with E-state index in [1.54, 1.807) is 0 Å². The standard InChI is InChI=1S/C19H25NO/c1-4-16(3)18-13-9-10-14-19(18)20(5-2)21-15-17-11-7-6-8-12-17/h6-14,16H,4-5,15H2,1-3H3. The minimum Gasteiger partial charge on any atom is -0.269 e. The highest BCUT2D eigenvalue weighted by atomic mass is 16.7. The van der Waals surface area contributed by atoms with Crippen molar-refractivity contribution < 1.29 is 4.84 Å². The zero-order valence-electron chi connectivity index (χ0n) is 13.3. The average molecular weight is 283 g/mol. The predicted octanol–water partition coefficient (Wildman–Crippen LogP) is 5.16. The van der Waals surface area contributed by atoms with Crippen LogP contribution in [0, 0.1) is 0 Å². The molecule has 2 rings (SSSR count). The molecule has 0 aromatic heterocycles. The molecule has 0 spiro atoms. The molecule has 0 heterocycles. The van der Waals surface area contributed by atoms with E-state index in [2.05, 4.69) is 57.2 Å². The van der Waals surface area contributed by atoms with Crippen LogP contribution in [0.25, 0.3) is 0 Å². The summed E-state index contributed by atoms with van der Waals surface area (Å²) in [6.45, 7) is 8.05. The minimum atomic E-state index is 0.538. The Kier molecular flexibility index (Phi) is 5.82. The zero-order chi connectivity index (χ0) is 15.1. The first-order valence-electron chi connectivity index (χ1n) is 7.79. The fourth-order valence-corrected chi connectivity index (χ4v) is 2.41. The van der Waals surface area contributed by atoms with Crippen LogP contribution < -0.4 is 5.06 Å². The van der Waals surface area contributed by atoms with Crippen LogP contribution in [0.5, 0.6) is 0 Å². The van der Waals surface area contributed by atoms with Crippen LogP contribution in [0.1, 0.15) is 44.2 Å². The van der Waals surface area contributed by atoms with Crippen LogP contribution in [0.4, 0.5) is 5.69 Å². The monoisotopic (exact) mass is 283 g/mol. The number of nitrogens with zero attached hydrogens (tertiary/aromatic N) is 1. The fraction of sp³-hybridized carbons (Fsp3) is 0.368. The lowest BCUT2D eigenvalue weighted by atomic mass is 9.97. The summed E-state index contributed by atoms with van der Waals surface area (Å²) in [6, 6.07) is 18.8. The van der Waals surface area contributed by atoms with Crippen molar-refractivity contribution in [2.45, 2.75) is 39.7 Å². The molecular formula is C19H25NO.